The van der Waals surface area contributed by atoms with Crippen molar-refractivity contribution in [3.05, 3.63) is 71.3 Å². The maximum absolute atomic E-state index is 5.76. The fourth-order valence-corrected chi connectivity index (χ4v) is 1.93. The van der Waals surface area contributed by atoms with E-state index in [2.05, 4.69) is 30.9 Å². The van der Waals surface area contributed by atoms with Crippen LogP contribution in [0.15, 0.2) is 54.6 Å². The standard InChI is InChI=1S/C18H18O/c1-3-19-18(17-12-8-7-9-15(17)2)14-13-16-10-5-4-6-11-16/h4-12,18H,3H2,1-2H3. The van der Waals surface area contributed by atoms with Gasteiger partial charge in [-0.15, -0.1) is 0 Å². The molecule has 0 aliphatic heterocycles. The minimum absolute atomic E-state index is 0.161. The molecule has 0 bridgehead atoms. The SMILES string of the molecule is CCOC(C#Cc1ccccc1)c1ccccc1C. The van der Waals surface area contributed by atoms with Gasteiger partial charge in [0.25, 0.3) is 0 Å². The topological polar surface area (TPSA) is 9.23 Å². The normalized spacial score (nSPS) is 11.5. The Hall–Kier alpha value is -2.04. The number of hydrogen-bond donors (Lipinski definition) is 0. The number of aryl methyl sites for hydroxylation is 1. The summed E-state index contributed by atoms with van der Waals surface area (Å²) in [5.74, 6) is 6.40. The van der Waals surface area contributed by atoms with Crippen LogP contribution in [0, 0.1) is 18.8 Å². The van der Waals surface area contributed by atoms with E-state index in [1.54, 1.807) is 0 Å². The van der Waals surface area contributed by atoms with Crippen LogP contribution in [-0.2, 0) is 4.74 Å². The highest BCUT2D eigenvalue weighted by Gasteiger charge is 2.09. The molecule has 2 aromatic carbocycles. The summed E-state index contributed by atoms with van der Waals surface area (Å²) in [7, 11) is 0. The third-order valence-electron chi connectivity index (χ3n) is 2.93. The van der Waals surface area contributed by atoms with Crippen LogP contribution in [0.25, 0.3) is 0 Å². The number of benzene rings is 2. The number of rotatable bonds is 3. The molecule has 1 heteroatoms. The second kappa shape index (κ2) is 6.78. The minimum atomic E-state index is -0.161. The lowest BCUT2D eigenvalue weighted by molar-refractivity contribution is 0.103. The Morgan fingerprint density at radius 2 is 1.68 bits per heavy atom. The first-order valence-corrected chi connectivity index (χ1v) is 6.55. The maximum atomic E-state index is 5.76. The first-order chi connectivity index (χ1) is 9.31. The van der Waals surface area contributed by atoms with E-state index < -0.39 is 0 Å². The molecular formula is C18H18O. The highest BCUT2D eigenvalue weighted by Crippen LogP contribution is 2.20. The molecule has 19 heavy (non-hydrogen) atoms. The van der Waals surface area contributed by atoms with Crippen molar-refractivity contribution in [2.75, 3.05) is 6.61 Å². The highest BCUT2D eigenvalue weighted by atomic mass is 16.5. The van der Waals surface area contributed by atoms with Gasteiger partial charge in [0.1, 0.15) is 6.10 Å². The van der Waals surface area contributed by atoms with E-state index >= 15 is 0 Å². The zero-order chi connectivity index (χ0) is 13.5. The van der Waals surface area contributed by atoms with Gasteiger partial charge >= 0.3 is 0 Å². The fraction of sp³-hybridized carbons (Fsp3) is 0.222. The summed E-state index contributed by atoms with van der Waals surface area (Å²) in [5, 5.41) is 0. The van der Waals surface area contributed by atoms with Crippen molar-refractivity contribution in [1.29, 1.82) is 0 Å². The third-order valence-corrected chi connectivity index (χ3v) is 2.93. The largest absolute Gasteiger partial charge is 0.361 e. The first-order valence-electron chi connectivity index (χ1n) is 6.55. The Labute approximate surface area is 115 Å². The molecule has 1 atom stereocenters. The Balaban J connectivity index is 2.27. The van der Waals surface area contributed by atoms with Crippen LogP contribution in [0.4, 0.5) is 0 Å². The lowest BCUT2D eigenvalue weighted by atomic mass is 10.0. The summed E-state index contributed by atoms with van der Waals surface area (Å²) < 4.78 is 5.76. The first kappa shape index (κ1) is 13.4. The lowest BCUT2D eigenvalue weighted by Gasteiger charge is -2.13. The summed E-state index contributed by atoms with van der Waals surface area (Å²) in [6.45, 7) is 4.74. The van der Waals surface area contributed by atoms with E-state index in [1.165, 1.54) is 5.56 Å². The van der Waals surface area contributed by atoms with Crippen molar-refractivity contribution >= 4 is 0 Å². The Bertz CT molecular complexity index is 575. The molecule has 0 saturated carbocycles. The molecule has 2 rings (SSSR count). The molecule has 0 amide bonds. The van der Waals surface area contributed by atoms with Crippen molar-refractivity contribution < 1.29 is 4.74 Å². The lowest BCUT2D eigenvalue weighted by Crippen LogP contribution is -2.03. The molecule has 96 valence electrons. The smallest absolute Gasteiger partial charge is 0.144 e. The molecule has 0 saturated heterocycles. The molecule has 0 radical (unpaired) electrons. The molecule has 2 aromatic rings. The molecule has 0 aromatic heterocycles. The molecule has 0 N–H and O–H groups in total. The average Bonchev–Trinajstić information content (AvgIpc) is 2.45. The minimum Gasteiger partial charge on any atom is -0.361 e. The molecule has 1 nitrogen and oxygen atoms in total. The van der Waals surface area contributed by atoms with Gasteiger partial charge in [-0.25, -0.2) is 0 Å². The van der Waals surface area contributed by atoms with Crippen LogP contribution >= 0.6 is 0 Å². The average molecular weight is 250 g/mol. The van der Waals surface area contributed by atoms with Crippen LogP contribution in [-0.4, -0.2) is 6.61 Å². The van der Waals surface area contributed by atoms with Gasteiger partial charge in [-0.2, -0.15) is 0 Å². The second-order valence-corrected chi connectivity index (χ2v) is 4.33. The summed E-state index contributed by atoms with van der Waals surface area (Å²) in [5.41, 5.74) is 3.37. The predicted octanol–water partition coefficient (Wildman–Crippen LogP) is 4.12. The third kappa shape index (κ3) is 3.71. The Morgan fingerprint density at radius 1 is 1.00 bits per heavy atom. The van der Waals surface area contributed by atoms with Gasteiger partial charge in [0.05, 0.1) is 0 Å². The molecule has 0 fully saturated rings. The maximum Gasteiger partial charge on any atom is 0.144 e. The van der Waals surface area contributed by atoms with E-state index in [0.29, 0.717) is 6.61 Å². The van der Waals surface area contributed by atoms with Crippen molar-refractivity contribution in [3.63, 3.8) is 0 Å². The van der Waals surface area contributed by atoms with Gasteiger partial charge in [-0.3, -0.25) is 0 Å². The Kier molecular flexibility index (Phi) is 4.78. The van der Waals surface area contributed by atoms with Gasteiger partial charge in [-0.1, -0.05) is 54.3 Å². The molecule has 0 heterocycles. The van der Waals surface area contributed by atoms with E-state index in [0.717, 1.165) is 11.1 Å². The zero-order valence-electron chi connectivity index (χ0n) is 11.4. The number of hydrogen-bond acceptors (Lipinski definition) is 1. The summed E-state index contributed by atoms with van der Waals surface area (Å²) in [6.07, 6.45) is -0.161. The number of ether oxygens (including phenoxy) is 1. The van der Waals surface area contributed by atoms with E-state index in [1.807, 2.05) is 49.4 Å². The van der Waals surface area contributed by atoms with Crippen molar-refractivity contribution in [1.82, 2.24) is 0 Å². The van der Waals surface area contributed by atoms with Gasteiger partial charge in [0.15, 0.2) is 0 Å². The highest BCUT2D eigenvalue weighted by molar-refractivity contribution is 5.38. The van der Waals surface area contributed by atoms with Crippen LogP contribution in [0.5, 0.6) is 0 Å². The second-order valence-electron chi connectivity index (χ2n) is 4.33. The van der Waals surface area contributed by atoms with E-state index in [9.17, 15) is 0 Å². The molecule has 0 aliphatic rings. The van der Waals surface area contributed by atoms with Gasteiger partial charge in [0, 0.05) is 12.2 Å². The van der Waals surface area contributed by atoms with Crippen molar-refractivity contribution in [2.45, 2.75) is 20.0 Å². The van der Waals surface area contributed by atoms with E-state index in [4.69, 9.17) is 4.74 Å². The van der Waals surface area contributed by atoms with Crippen LogP contribution in [0.2, 0.25) is 0 Å². The van der Waals surface area contributed by atoms with Gasteiger partial charge < -0.3 is 4.74 Å². The Morgan fingerprint density at radius 3 is 2.37 bits per heavy atom. The van der Waals surface area contributed by atoms with Crippen LogP contribution in [0.1, 0.15) is 29.7 Å². The molecule has 0 aliphatic carbocycles. The quantitative estimate of drug-likeness (QED) is 0.744. The monoisotopic (exact) mass is 250 g/mol. The summed E-state index contributed by atoms with van der Waals surface area (Å²) >= 11 is 0. The van der Waals surface area contributed by atoms with Crippen molar-refractivity contribution in [3.8, 4) is 11.8 Å². The van der Waals surface area contributed by atoms with Crippen LogP contribution in [0.3, 0.4) is 0 Å². The van der Waals surface area contributed by atoms with Gasteiger partial charge in [0.2, 0.25) is 0 Å². The van der Waals surface area contributed by atoms with Gasteiger partial charge in [-0.05, 0) is 37.1 Å². The molecule has 1 unspecified atom stereocenters. The summed E-state index contributed by atoms with van der Waals surface area (Å²) in [6, 6.07) is 18.2. The fourth-order valence-electron chi connectivity index (χ4n) is 1.93. The van der Waals surface area contributed by atoms with E-state index in [-0.39, 0.29) is 6.10 Å². The zero-order valence-corrected chi connectivity index (χ0v) is 11.4. The predicted molar refractivity (Wildman–Crippen MR) is 78.9 cm³/mol. The molecule has 0 spiro atoms. The van der Waals surface area contributed by atoms with Crippen molar-refractivity contribution in [2.24, 2.45) is 0 Å². The van der Waals surface area contributed by atoms with Crippen LogP contribution < -0.4 is 0 Å². The summed E-state index contributed by atoms with van der Waals surface area (Å²) in [4.78, 5) is 0. The molecular weight excluding hydrogens is 232 g/mol.